The zero-order valence-corrected chi connectivity index (χ0v) is 20.7. The van der Waals surface area contributed by atoms with Crippen molar-refractivity contribution < 1.29 is 31.3 Å². The molecule has 2 aromatic carbocycles. The molecule has 3 N–H and O–H groups in total. The number of aromatic hydroxyl groups is 1. The molecular formula is C19H14Cl2F2N4O7S2. The molecule has 1 aliphatic rings. The van der Waals surface area contributed by atoms with Crippen molar-refractivity contribution in [1.29, 1.82) is 0 Å². The number of nitrogens with one attached hydrogen (secondary N) is 2. The first-order chi connectivity index (χ1) is 16.9. The Balaban J connectivity index is 1.66. The van der Waals surface area contributed by atoms with Gasteiger partial charge in [0.15, 0.2) is 11.4 Å². The number of benzene rings is 2. The van der Waals surface area contributed by atoms with Gasteiger partial charge in [-0.15, -0.1) is 0 Å². The van der Waals surface area contributed by atoms with Gasteiger partial charge in [0.05, 0.1) is 15.7 Å². The van der Waals surface area contributed by atoms with E-state index in [9.17, 15) is 36.1 Å². The molecule has 0 bridgehead atoms. The molecule has 0 atom stereocenters. The van der Waals surface area contributed by atoms with Crippen LogP contribution in [0.5, 0.6) is 17.2 Å². The summed E-state index contributed by atoms with van der Waals surface area (Å²) in [6.45, 7) is 0. The molecule has 0 aliphatic carbocycles. The van der Waals surface area contributed by atoms with Gasteiger partial charge in [-0.1, -0.05) is 23.2 Å². The molecular weight excluding hydrogens is 569 g/mol. The maximum Gasteiger partial charge on any atom is 0.349 e. The van der Waals surface area contributed by atoms with Crippen LogP contribution in [-0.4, -0.2) is 50.0 Å². The van der Waals surface area contributed by atoms with Gasteiger partial charge in [-0.25, -0.2) is 26.7 Å². The maximum absolute atomic E-state index is 13.0. The fraction of sp³-hybridized carbons (Fsp3) is 0.211. The van der Waals surface area contributed by atoms with E-state index in [1.54, 1.807) is 4.98 Å². The number of hydrogen-bond acceptors (Lipinski definition) is 8. The Morgan fingerprint density at radius 1 is 1.19 bits per heavy atom. The van der Waals surface area contributed by atoms with Crippen LogP contribution in [0, 0.1) is 0 Å². The Morgan fingerprint density at radius 3 is 2.42 bits per heavy atom. The van der Waals surface area contributed by atoms with Crippen LogP contribution in [-0.2, 0) is 20.8 Å². The molecule has 17 heteroatoms. The van der Waals surface area contributed by atoms with Crippen LogP contribution in [0.3, 0.4) is 0 Å². The van der Waals surface area contributed by atoms with Crippen molar-refractivity contribution in [3.63, 3.8) is 0 Å². The van der Waals surface area contributed by atoms with Crippen LogP contribution >= 0.6 is 23.2 Å². The first-order valence-electron chi connectivity index (χ1n) is 9.75. The van der Waals surface area contributed by atoms with Gasteiger partial charge in [0, 0.05) is 34.4 Å². The summed E-state index contributed by atoms with van der Waals surface area (Å²) in [4.78, 5) is 24.8. The van der Waals surface area contributed by atoms with Gasteiger partial charge < -0.3 is 9.84 Å². The summed E-state index contributed by atoms with van der Waals surface area (Å²) in [7, 11) is -5.29. The summed E-state index contributed by atoms with van der Waals surface area (Å²) in [5.74, 6) is -0.549. The lowest BCUT2D eigenvalue weighted by Gasteiger charge is -2.25. The van der Waals surface area contributed by atoms with E-state index in [-0.39, 0.29) is 38.7 Å². The minimum Gasteiger partial charge on any atom is -0.507 e. The maximum atomic E-state index is 13.0. The van der Waals surface area contributed by atoms with E-state index >= 15 is 0 Å². The minimum absolute atomic E-state index is 0.0961. The molecule has 11 nitrogen and oxygen atoms in total. The number of aromatic nitrogens is 3. The number of phenolic OH excluding ortho intramolecular Hbond substituents is 1. The fourth-order valence-electron chi connectivity index (χ4n) is 3.14. The quantitative estimate of drug-likeness (QED) is 0.381. The lowest BCUT2D eigenvalue weighted by molar-refractivity contribution is 0.141. The van der Waals surface area contributed by atoms with Crippen molar-refractivity contribution in [3.05, 3.63) is 66.9 Å². The third-order valence-electron chi connectivity index (χ3n) is 4.82. The molecule has 0 unspecified atom stereocenters. The summed E-state index contributed by atoms with van der Waals surface area (Å²) in [6, 6.07) is 4.97. The minimum atomic E-state index is -4.19. The second-order valence-electron chi connectivity index (χ2n) is 7.42. The van der Waals surface area contributed by atoms with E-state index in [0.717, 1.165) is 24.3 Å². The molecule has 1 fully saturated rings. The lowest BCUT2D eigenvalue weighted by Crippen LogP contribution is -2.50. The summed E-state index contributed by atoms with van der Waals surface area (Å²) < 4.78 is 71.0. The Labute approximate surface area is 213 Å². The first-order valence-corrected chi connectivity index (χ1v) is 13.5. The molecule has 0 amide bonds. The van der Waals surface area contributed by atoms with E-state index in [0.29, 0.717) is 4.68 Å². The van der Waals surface area contributed by atoms with E-state index < -0.39 is 60.9 Å². The molecule has 36 heavy (non-hydrogen) atoms. The summed E-state index contributed by atoms with van der Waals surface area (Å²) >= 11 is 12.4. The molecule has 192 valence electrons. The molecule has 1 aromatic heterocycles. The average Bonchev–Trinajstić information content (AvgIpc) is 2.75. The van der Waals surface area contributed by atoms with E-state index in [4.69, 9.17) is 27.9 Å². The summed E-state index contributed by atoms with van der Waals surface area (Å²) in [5.41, 5.74) is -3.83. The molecule has 2 heterocycles. The smallest absolute Gasteiger partial charge is 0.349 e. The lowest BCUT2D eigenvalue weighted by atomic mass is 10.3. The van der Waals surface area contributed by atoms with Crippen molar-refractivity contribution in [2.75, 3.05) is 11.5 Å². The van der Waals surface area contributed by atoms with Crippen LogP contribution in [0.2, 0.25) is 10.0 Å². The molecule has 0 saturated carbocycles. The molecule has 0 spiro atoms. The highest BCUT2D eigenvalue weighted by Gasteiger charge is 2.31. The van der Waals surface area contributed by atoms with Gasteiger partial charge in [0.25, 0.3) is 12.0 Å². The first kappa shape index (κ1) is 26.2. The monoisotopic (exact) mass is 582 g/mol. The van der Waals surface area contributed by atoms with Crippen LogP contribution in [0.25, 0.3) is 5.69 Å². The Bertz CT molecular complexity index is 1580. The highest BCUT2D eigenvalue weighted by molar-refractivity contribution is 7.90. The molecule has 3 aromatic rings. The van der Waals surface area contributed by atoms with Gasteiger partial charge in [0.2, 0.25) is 10.0 Å². The van der Waals surface area contributed by atoms with Crippen molar-refractivity contribution in [2.24, 2.45) is 0 Å². The number of ether oxygens (including phenoxy) is 1. The van der Waals surface area contributed by atoms with Crippen molar-refractivity contribution in [3.8, 4) is 22.9 Å². The largest absolute Gasteiger partial charge is 0.507 e. The highest BCUT2D eigenvalue weighted by atomic mass is 35.5. The average molecular weight is 583 g/mol. The molecule has 1 aliphatic heterocycles. The number of phenols is 1. The van der Waals surface area contributed by atoms with Crippen LogP contribution in [0.4, 0.5) is 8.78 Å². The Kier molecular flexibility index (Phi) is 7.21. The van der Waals surface area contributed by atoms with E-state index in [2.05, 4.69) is 9.82 Å². The third kappa shape index (κ3) is 5.29. The predicted molar refractivity (Wildman–Crippen MR) is 126 cm³/mol. The van der Waals surface area contributed by atoms with Crippen molar-refractivity contribution in [1.82, 2.24) is 19.5 Å². The Morgan fingerprint density at radius 2 is 1.83 bits per heavy atom. The van der Waals surface area contributed by atoms with Crippen LogP contribution in [0.1, 0.15) is 12.1 Å². The second-order valence-corrected chi connectivity index (χ2v) is 11.5. The van der Waals surface area contributed by atoms with Crippen LogP contribution < -0.4 is 20.7 Å². The molecule has 0 radical (unpaired) electrons. The summed E-state index contributed by atoms with van der Waals surface area (Å²) in [6.07, 6.45) is -3.25. The predicted octanol–water partition coefficient (Wildman–Crippen LogP) is 2.07. The number of hydrogen-bond donors (Lipinski definition) is 3. The topological polar surface area (TPSA) is 160 Å². The summed E-state index contributed by atoms with van der Waals surface area (Å²) in [5, 5.41) is 13.0. The molecule has 1 saturated heterocycles. The number of aromatic amines is 1. The normalized spacial score (nSPS) is 17.7. The number of H-pyrrole nitrogens is 1. The second kappa shape index (κ2) is 9.89. The van der Waals surface area contributed by atoms with Gasteiger partial charge in [-0.2, -0.15) is 9.78 Å². The zero-order valence-electron chi connectivity index (χ0n) is 17.6. The van der Waals surface area contributed by atoms with E-state index in [1.165, 1.54) is 6.07 Å². The van der Waals surface area contributed by atoms with E-state index in [1.807, 2.05) is 0 Å². The Hall–Kier alpha value is -2.85. The third-order valence-corrected chi connectivity index (χ3v) is 8.48. The van der Waals surface area contributed by atoms with Crippen molar-refractivity contribution >= 4 is 44.0 Å². The standard InChI is InChI=1S/C19H14Cl2F2N4O7S2/c20-11-3-9(27-19(30)24-18(29)15(25-27)17(22)23)4-12(21)16(11)34-10-1-2-13(28)14(5-10)36(32,33)26-8-6-35(31)7-8/h1-5,8,17,26,28H,6-7H2,(H,24,29,30). The number of rotatable bonds is 7. The number of alkyl halides is 2. The van der Waals surface area contributed by atoms with Crippen molar-refractivity contribution in [2.45, 2.75) is 17.4 Å². The van der Waals surface area contributed by atoms with Gasteiger partial charge >= 0.3 is 5.69 Å². The SMILES string of the molecule is O=c1[nH]c(=O)n(-c2cc(Cl)c(Oc3ccc(O)c(S(=O)(=O)NC4CS(=O)C4)c3)c(Cl)c2)nc1C(F)F. The number of sulfonamides is 1. The number of nitrogens with zero attached hydrogens (tertiary/aromatic N) is 2. The van der Waals surface area contributed by atoms with Gasteiger partial charge in [0.1, 0.15) is 16.4 Å². The zero-order chi connectivity index (χ0) is 26.4. The van der Waals surface area contributed by atoms with Gasteiger partial charge in [-0.3, -0.25) is 14.0 Å². The molecule has 4 rings (SSSR count). The highest BCUT2D eigenvalue weighted by Crippen LogP contribution is 2.39. The van der Waals surface area contributed by atoms with Gasteiger partial charge in [-0.05, 0) is 24.3 Å². The fourth-order valence-corrected chi connectivity index (χ4v) is 6.22. The van der Waals surface area contributed by atoms with Crippen LogP contribution in [0.15, 0.2) is 44.8 Å². The number of halogens is 4.